The lowest BCUT2D eigenvalue weighted by Gasteiger charge is -2.35. The first kappa shape index (κ1) is 14.9. The van der Waals surface area contributed by atoms with E-state index in [1.807, 2.05) is 28.9 Å². The predicted molar refractivity (Wildman–Crippen MR) is 92.8 cm³/mol. The van der Waals surface area contributed by atoms with Crippen molar-refractivity contribution in [1.82, 2.24) is 9.80 Å². The summed E-state index contributed by atoms with van der Waals surface area (Å²) in [6.07, 6.45) is 4.11. The summed E-state index contributed by atoms with van der Waals surface area (Å²) in [6, 6.07) is 3.92. The molecule has 4 aliphatic rings. The van der Waals surface area contributed by atoms with Crippen LogP contribution in [0.2, 0.25) is 0 Å². The molecule has 4 atom stereocenters. The highest BCUT2D eigenvalue weighted by atomic mass is 32.1. The molecule has 128 valence electrons. The second-order valence-electron chi connectivity index (χ2n) is 8.04. The van der Waals surface area contributed by atoms with Crippen molar-refractivity contribution in [3.8, 4) is 0 Å². The summed E-state index contributed by atoms with van der Waals surface area (Å²) in [6.45, 7) is 4.80. The van der Waals surface area contributed by atoms with E-state index in [1.54, 1.807) is 11.3 Å². The van der Waals surface area contributed by atoms with Crippen LogP contribution < -0.4 is 0 Å². The Balaban J connectivity index is 1.19. The zero-order chi connectivity index (χ0) is 16.4. The molecule has 1 saturated heterocycles. The molecule has 1 aromatic rings. The summed E-state index contributed by atoms with van der Waals surface area (Å²) >= 11 is 1.56. The quantitative estimate of drug-likeness (QED) is 0.827. The van der Waals surface area contributed by atoms with E-state index >= 15 is 0 Å². The zero-order valence-electron chi connectivity index (χ0n) is 14.1. The molecule has 5 heteroatoms. The van der Waals surface area contributed by atoms with Gasteiger partial charge in [-0.05, 0) is 62.0 Å². The van der Waals surface area contributed by atoms with Crippen LogP contribution in [-0.2, 0) is 4.79 Å². The minimum absolute atomic E-state index is 0.126. The third-order valence-corrected chi connectivity index (χ3v) is 7.84. The number of carbonyl (C=O) groups is 2. The Labute approximate surface area is 146 Å². The molecule has 4 unspecified atom stereocenters. The SMILES string of the molecule is Cc1ccc(C(=O)N2CCN(C(=O)C3C4C5CCC(C5)C34)CC2)s1. The minimum atomic E-state index is 0.126. The van der Waals surface area contributed by atoms with E-state index in [0.29, 0.717) is 49.8 Å². The number of nitrogens with zero attached hydrogens (tertiary/aromatic N) is 2. The fourth-order valence-corrected chi connectivity index (χ4v) is 6.54. The van der Waals surface area contributed by atoms with E-state index in [2.05, 4.69) is 0 Å². The summed E-state index contributed by atoms with van der Waals surface area (Å²) in [5, 5.41) is 0. The van der Waals surface area contributed by atoms with Crippen molar-refractivity contribution in [3.63, 3.8) is 0 Å². The van der Waals surface area contributed by atoms with Crippen LogP contribution >= 0.6 is 11.3 Å². The highest BCUT2D eigenvalue weighted by molar-refractivity contribution is 7.13. The summed E-state index contributed by atoms with van der Waals surface area (Å²) in [7, 11) is 0. The number of piperazine rings is 1. The molecular weight excluding hydrogens is 320 g/mol. The molecule has 0 spiro atoms. The van der Waals surface area contributed by atoms with Crippen molar-refractivity contribution in [2.24, 2.45) is 29.6 Å². The molecule has 0 N–H and O–H groups in total. The number of amides is 2. The molecule has 2 bridgehead atoms. The van der Waals surface area contributed by atoms with Crippen molar-refractivity contribution in [3.05, 3.63) is 21.9 Å². The van der Waals surface area contributed by atoms with Gasteiger partial charge in [-0.25, -0.2) is 0 Å². The Kier molecular flexibility index (Phi) is 3.31. The lowest BCUT2D eigenvalue weighted by Crippen LogP contribution is -2.51. The van der Waals surface area contributed by atoms with E-state index in [-0.39, 0.29) is 5.91 Å². The first-order valence-corrected chi connectivity index (χ1v) is 10.1. The molecule has 0 radical (unpaired) electrons. The highest BCUT2D eigenvalue weighted by Gasteiger charge is 2.68. The van der Waals surface area contributed by atoms with Crippen molar-refractivity contribution >= 4 is 23.2 Å². The molecule has 1 aliphatic heterocycles. The average molecular weight is 344 g/mol. The Morgan fingerprint density at radius 3 is 2.21 bits per heavy atom. The predicted octanol–water partition coefficient (Wildman–Crippen LogP) is 2.63. The molecule has 1 aromatic heterocycles. The number of hydrogen-bond donors (Lipinski definition) is 0. The van der Waals surface area contributed by atoms with Gasteiger partial charge in [-0.15, -0.1) is 11.3 Å². The molecule has 4 fully saturated rings. The minimum Gasteiger partial charge on any atom is -0.339 e. The summed E-state index contributed by atoms with van der Waals surface area (Å²) < 4.78 is 0. The molecule has 2 heterocycles. The lowest BCUT2D eigenvalue weighted by atomic mass is 10.0. The monoisotopic (exact) mass is 344 g/mol. The third-order valence-electron chi connectivity index (χ3n) is 6.85. The van der Waals surface area contributed by atoms with Gasteiger partial charge in [0.15, 0.2) is 0 Å². The largest absolute Gasteiger partial charge is 0.339 e. The van der Waals surface area contributed by atoms with E-state index in [4.69, 9.17) is 0 Å². The summed E-state index contributed by atoms with van der Waals surface area (Å²) in [5.74, 6) is 3.97. The van der Waals surface area contributed by atoms with Gasteiger partial charge in [-0.3, -0.25) is 9.59 Å². The fraction of sp³-hybridized carbons (Fsp3) is 0.684. The van der Waals surface area contributed by atoms with E-state index < -0.39 is 0 Å². The van der Waals surface area contributed by atoms with E-state index in [0.717, 1.165) is 16.7 Å². The van der Waals surface area contributed by atoms with Crippen LogP contribution in [0.4, 0.5) is 0 Å². The highest BCUT2D eigenvalue weighted by Crippen LogP contribution is 2.69. The maximum Gasteiger partial charge on any atom is 0.264 e. The van der Waals surface area contributed by atoms with Crippen LogP contribution in [0.25, 0.3) is 0 Å². The van der Waals surface area contributed by atoms with Crippen LogP contribution in [0.3, 0.4) is 0 Å². The summed E-state index contributed by atoms with van der Waals surface area (Å²) in [5.41, 5.74) is 0. The van der Waals surface area contributed by atoms with Gasteiger partial charge in [-0.2, -0.15) is 0 Å². The van der Waals surface area contributed by atoms with Crippen LogP contribution in [0.1, 0.15) is 33.8 Å². The Morgan fingerprint density at radius 2 is 1.62 bits per heavy atom. The normalized spacial score (nSPS) is 36.8. The molecule has 5 rings (SSSR count). The van der Waals surface area contributed by atoms with Gasteiger partial charge in [0.05, 0.1) is 4.88 Å². The van der Waals surface area contributed by atoms with Crippen LogP contribution in [-0.4, -0.2) is 47.8 Å². The molecule has 3 saturated carbocycles. The molecular formula is C19H24N2O2S. The number of thiophene rings is 1. The average Bonchev–Trinajstić information content (AvgIpc) is 2.94. The Hall–Kier alpha value is -1.36. The van der Waals surface area contributed by atoms with Crippen molar-refractivity contribution in [2.75, 3.05) is 26.2 Å². The van der Waals surface area contributed by atoms with Gasteiger partial charge in [0.2, 0.25) is 5.91 Å². The molecule has 24 heavy (non-hydrogen) atoms. The number of rotatable bonds is 2. The first-order valence-electron chi connectivity index (χ1n) is 9.28. The maximum absolute atomic E-state index is 12.9. The first-order chi connectivity index (χ1) is 11.6. The third kappa shape index (κ3) is 2.17. The standard InChI is InChI=1S/C19H24N2O2S/c1-11-2-5-14(24-11)18(22)20-6-8-21(9-7-20)19(23)17-15-12-3-4-13(10-12)16(15)17/h2,5,12-13,15-17H,3-4,6-10H2,1H3. The lowest BCUT2D eigenvalue weighted by molar-refractivity contribution is -0.135. The zero-order valence-corrected chi connectivity index (χ0v) is 14.9. The summed E-state index contributed by atoms with van der Waals surface area (Å²) in [4.78, 5) is 31.3. The molecule has 3 aliphatic carbocycles. The van der Waals surface area contributed by atoms with Gasteiger partial charge in [-0.1, -0.05) is 0 Å². The number of carbonyl (C=O) groups excluding carboxylic acids is 2. The van der Waals surface area contributed by atoms with E-state index in [1.165, 1.54) is 24.1 Å². The van der Waals surface area contributed by atoms with Crippen LogP contribution in [0, 0.1) is 36.5 Å². The number of hydrogen-bond acceptors (Lipinski definition) is 3. The number of aryl methyl sites for hydroxylation is 1. The van der Waals surface area contributed by atoms with E-state index in [9.17, 15) is 9.59 Å². The molecule has 0 aromatic carbocycles. The van der Waals surface area contributed by atoms with Gasteiger partial charge in [0.25, 0.3) is 5.91 Å². The maximum atomic E-state index is 12.9. The van der Waals surface area contributed by atoms with Crippen molar-refractivity contribution < 1.29 is 9.59 Å². The van der Waals surface area contributed by atoms with Crippen LogP contribution in [0.15, 0.2) is 12.1 Å². The smallest absolute Gasteiger partial charge is 0.264 e. The van der Waals surface area contributed by atoms with Gasteiger partial charge in [0.1, 0.15) is 0 Å². The molecule has 2 amide bonds. The Morgan fingerprint density at radius 1 is 1.00 bits per heavy atom. The molecule has 4 nitrogen and oxygen atoms in total. The van der Waals surface area contributed by atoms with Crippen LogP contribution in [0.5, 0.6) is 0 Å². The fourth-order valence-electron chi connectivity index (χ4n) is 5.70. The second-order valence-corrected chi connectivity index (χ2v) is 9.33. The van der Waals surface area contributed by atoms with Crippen molar-refractivity contribution in [1.29, 1.82) is 0 Å². The topological polar surface area (TPSA) is 40.6 Å². The number of fused-ring (bicyclic) bond motifs is 5. The second kappa shape index (κ2) is 5.32. The van der Waals surface area contributed by atoms with Gasteiger partial charge in [0, 0.05) is 37.0 Å². The van der Waals surface area contributed by atoms with Crippen molar-refractivity contribution in [2.45, 2.75) is 26.2 Å². The Bertz CT molecular complexity index is 675. The van der Waals surface area contributed by atoms with Gasteiger partial charge < -0.3 is 9.80 Å². The van der Waals surface area contributed by atoms with Gasteiger partial charge >= 0.3 is 0 Å².